The third-order valence-electron chi connectivity index (χ3n) is 3.76. The molecule has 1 aliphatic heterocycles. The van der Waals surface area contributed by atoms with Crippen LogP contribution in [0.25, 0.3) is 0 Å². The summed E-state index contributed by atoms with van der Waals surface area (Å²) in [5, 5.41) is 0.544. The van der Waals surface area contributed by atoms with Crippen LogP contribution in [0.4, 0.5) is 0 Å². The van der Waals surface area contributed by atoms with Crippen molar-refractivity contribution in [3.05, 3.63) is 56.6 Å². The molecule has 0 aliphatic carbocycles. The van der Waals surface area contributed by atoms with Crippen LogP contribution in [0, 0.1) is 0 Å². The Morgan fingerprint density at radius 1 is 1.08 bits per heavy atom. The summed E-state index contributed by atoms with van der Waals surface area (Å²) in [6.45, 7) is 5.15. The zero-order valence-corrected chi connectivity index (χ0v) is 16.1. The Hall–Kier alpha value is -2.18. The van der Waals surface area contributed by atoms with E-state index in [9.17, 15) is 9.59 Å². The Balaban J connectivity index is 2.74. The summed E-state index contributed by atoms with van der Waals surface area (Å²) >= 11 is 12.7. The van der Waals surface area contributed by atoms with Gasteiger partial charge < -0.3 is 19.9 Å². The largest absolute Gasteiger partial charge is 0.463 e. The van der Waals surface area contributed by atoms with Crippen LogP contribution in [0.5, 0.6) is 0 Å². The number of rotatable bonds is 5. The molecule has 0 aromatic heterocycles. The summed E-state index contributed by atoms with van der Waals surface area (Å²) in [6, 6.07) is 4.87. The fourth-order valence-electron chi connectivity index (χ4n) is 2.74. The van der Waals surface area contributed by atoms with Crippen molar-refractivity contribution in [3.63, 3.8) is 0 Å². The van der Waals surface area contributed by atoms with Crippen LogP contribution in [0.15, 0.2) is 41.0 Å². The quantitative estimate of drug-likeness (QED) is 0.759. The van der Waals surface area contributed by atoms with E-state index in [0.717, 1.165) is 0 Å². The van der Waals surface area contributed by atoms with Crippen molar-refractivity contribution in [2.24, 2.45) is 5.73 Å². The Kier molecular flexibility index (Phi) is 6.56. The minimum Gasteiger partial charge on any atom is -0.463 e. The standard InChI is InChI=1S/C18H19Cl2NO5/c1-4-24-17(22)12-9(3)26-16(21)15(18(23)25-5-2)14(12)13-10(19)7-6-8-11(13)20/h6-8,14H,4-5,21H2,1-3H3/t14-/m1/s1. The van der Waals surface area contributed by atoms with Gasteiger partial charge >= 0.3 is 11.9 Å². The lowest BCUT2D eigenvalue weighted by atomic mass is 9.82. The average molecular weight is 400 g/mol. The summed E-state index contributed by atoms with van der Waals surface area (Å²) in [4.78, 5) is 25.1. The van der Waals surface area contributed by atoms with E-state index in [-0.39, 0.29) is 46.0 Å². The second-order valence-electron chi connectivity index (χ2n) is 5.36. The monoisotopic (exact) mass is 399 g/mol. The van der Waals surface area contributed by atoms with E-state index in [0.29, 0.717) is 5.56 Å². The molecule has 1 aliphatic rings. The van der Waals surface area contributed by atoms with Gasteiger partial charge in [-0.3, -0.25) is 0 Å². The maximum Gasteiger partial charge on any atom is 0.340 e. The number of carbonyl (C=O) groups is 2. The molecule has 26 heavy (non-hydrogen) atoms. The molecule has 6 nitrogen and oxygen atoms in total. The highest BCUT2D eigenvalue weighted by Gasteiger charge is 2.41. The van der Waals surface area contributed by atoms with Crippen LogP contribution in [0.2, 0.25) is 10.0 Å². The third kappa shape index (κ3) is 3.81. The molecule has 2 rings (SSSR count). The number of hydrogen-bond donors (Lipinski definition) is 1. The SMILES string of the molecule is CCOC(=O)C1=C(C)OC(N)=C(C(=O)OCC)[C@H]1c1c(Cl)cccc1Cl. The van der Waals surface area contributed by atoms with Gasteiger partial charge in [0, 0.05) is 15.6 Å². The van der Waals surface area contributed by atoms with E-state index in [4.69, 9.17) is 43.1 Å². The first-order valence-electron chi connectivity index (χ1n) is 7.99. The number of halogens is 2. The minimum atomic E-state index is -0.969. The second-order valence-corrected chi connectivity index (χ2v) is 6.17. The maximum atomic E-state index is 12.6. The Bertz CT molecular complexity index is 741. The number of ether oxygens (including phenoxy) is 3. The lowest BCUT2D eigenvalue weighted by Crippen LogP contribution is -2.30. The zero-order chi connectivity index (χ0) is 19.4. The molecule has 140 valence electrons. The van der Waals surface area contributed by atoms with Gasteiger partial charge in [0.2, 0.25) is 5.88 Å². The van der Waals surface area contributed by atoms with Gasteiger partial charge in [-0.25, -0.2) is 9.59 Å². The second kappa shape index (κ2) is 8.47. The molecule has 0 amide bonds. The fourth-order valence-corrected chi connectivity index (χ4v) is 3.35. The van der Waals surface area contributed by atoms with E-state index in [1.807, 2.05) is 0 Å². The van der Waals surface area contributed by atoms with E-state index in [1.54, 1.807) is 39.0 Å². The topological polar surface area (TPSA) is 87.9 Å². The van der Waals surface area contributed by atoms with Crippen molar-refractivity contribution in [2.75, 3.05) is 13.2 Å². The van der Waals surface area contributed by atoms with E-state index in [2.05, 4.69) is 0 Å². The number of allylic oxidation sites excluding steroid dienone is 1. The first-order valence-corrected chi connectivity index (χ1v) is 8.75. The molecule has 0 unspecified atom stereocenters. The summed E-state index contributed by atoms with van der Waals surface area (Å²) in [5.74, 6) is -2.31. The Morgan fingerprint density at radius 3 is 2.08 bits per heavy atom. The lowest BCUT2D eigenvalue weighted by molar-refractivity contribution is -0.140. The van der Waals surface area contributed by atoms with Gasteiger partial charge in [0.05, 0.1) is 24.7 Å². The molecule has 0 saturated heterocycles. The molecule has 8 heteroatoms. The normalized spacial score (nSPS) is 17.0. The Labute approximate surface area is 161 Å². The lowest BCUT2D eigenvalue weighted by Gasteiger charge is -2.29. The smallest absolute Gasteiger partial charge is 0.340 e. The van der Waals surface area contributed by atoms with Crippen molar-refractivity contribution >= 4 is 35.1 Å². The molecule has 0 spiro atoms. The van der Waals surface area contributed by atoms with Gasteiger partial charge in [-0.1, -0.05) is 29.3 Å². The summed E-state index contributed by atoms with van der Waals surface area (Å²) in [6.07, 6.45) is 0. The van der Waals surface area contributed by atoms with Gasteiger partial charge in [-0.2, -0.15) is 0 Å². The number of esters is 2. The maximum absolute atomic E-state index is 12.6. The number of carbonyl (C=O) groups excluding carboxylic acids is 2. The van der Waals surface area contributed by atoms with Crippen molar-refractivity contribution < 1.29 is 23.8 Å². The van der Waals surface area contributed by atoms with Crippen molar-refractivity contribution in [2.45, 2.75) is 26.7 Å². The Morgan fingerprint density at radius 2 is 1.58 bits per heavy atom. The van der Waals surface area contributed by atoms with E-state index >= 15 is 0 Å². The van der Waals surface area contributed by atoms with Crippen molar-refractivity contribution in [1.29, 1.82) is 0 Å². The molecule has 0 radical (unpaired) electrons. The molecular formula is C18H19Cl2NO5. The predicted octanol–water partition coefficient (Wildman–Crippen LogP) is 3.68. The van der Waals surface area contributed by atoms with Gasteiger partial charge in [0.25, 0.3) is 0 Å². The molecule has 1 heterocycles. The zero-order valence-electron chi connectivity index (χ0n) is 14.6. The molecule has 0 saturated carbocycles. The molecule has 0 fully saturated rings. The molecule has 2 N–H and O–H groups in total. The first-order chi connectivity index (χ1) is 12.3. The van der Waals surface area contributed by atoms with Crippen molar-refractivity contribution in [3.8, 4) is 0 Å². The summed E-state index contributed by atoms with van der Waals surface area (Å²) in [7, 11) is 0. The van der Waals surface area contributed by atoms with Gasteiger partial charge in [-0.15, -0.1) is 0 Å². The highest BCUT2D eigenvalue weighted by atomic mass is 35.5. The van der Waals surface area contributed by atoms with Gasteiger partial charge in [0.15, 0.2) is 0 Å². The predicted molar refractivity (Wildman–Crippen MR) is 97.5 cm³/mol. The third-order valence-corrected chi connectivity index (χ3v) is 4.42. The minimum absolute atomic E-state index is 0.0458. The average Bonchev–Trinajstić information content (AvgIpc) is 2.54. The highest BCUT2D eigenvalue weighted by Crippen LogP contribution is 2.45. The van der Waals surface area contributed by atoms with Gasteiger partial charge in [0.1, 0.15) is 11.3 Å². The number of nitrogens with two attached hydrogens (primary N) is 1. The molecular weight excluding hydrogens is 381 g/mol. The van der Waals surface area contributed by atoms with Crippen LogP contribution >= 0.6 is 23.2 Å². The van der Waals surface area contributed by atoms with Crippen LogP contribution in [-0.4, -0.2) is 25.2 Å². The van der Waals surface area contributed by atoms with Crippen molar-refractivity contribution in [1.82, 2.24) is 0 Å². The number of benzene rings is 1. The first kappa shape index (κ1) is 20.1. The number of hydrogen-bond acceptors (Lipinski definition) is 6. The van der Waals surface area contributed by atoms with Crippen LogP contribution in [-0.2, 0) is 23.8 Å². The van der Waals surface area contributed by atoms with Crippen LogP contribution < -0.4 is 5.73 Å². The van der Waals surface area contributed by atoms with Crippen LogP contribution in [0.3, 0.4) is 0 Å². The molecule has 1 aromatic carbocycles. The van der Waals surface area contributed by atoms with E-state index in [1.165, 1.54) is 0 Å². The summed E-state index contributed by atoms with van der Waals surface area (Å²) in [5.41, 5.74) is 6.35. The highest BCUT2D eigenvalue weighted by molar-refractivity contribution is 6.36. The molecule has 1 aromatic rings. The van der Waals surface area contributed by atoms with Crippen LogP contribution in [0.1, 0.15) is 32.3 Å². The molecule has 1 atom stereocenters. The molecule has 0 bridgehead atoms. The fraction of sp³-hybridized carbons (Fsp3) is 0.333. The summed E-state index contributed by atoms with van der Waals surface area (Å²) < 4.78 is 15.6. The van der Waals surface area contributed by atoms with Gasteiger partial charge in [-0.05, 0) is 32.9 Å². The van der Waals surface area contributed by atoms with E-state index < -0.39 is 17.9 Å².